The summed E-state index contributed by atoms with van der Waals surface area (Å²) in [6, 6.07) is 11.2. The van der Waals surface area contributed by atoms with E-state index in [0.29, 0.717) is 30.7 Å². The number of aryl methyl sites for hydroxylation is 2. The summed E-state index contributed by atoms with van der Waals surface area (Å²) in [5.74, 6) is 3.54. The number of hydrogen-bond donors (Lipinski definition) is 2. The van der Waals surface area contributed by atoms with Crippen LogP contribution in [-0.2, 0) is 25.9 Å². The number of ether oxygens (including phenoxy) is 2. The molecule has 1 aromatic carbocycles. The molecule has 0 fully saturated rings. The highest BCUT2D eigenvalue weighted by Gasteiger charge is 2.13. The van der Waals surface area contributed by atoms with E-state index in [1.54, 1.807) is 20.4 Å². The number of nitrogens with one attached hydrogen (secondary N) is 2. The van der Waals surface area contributed by atoms with Crippen LogP contribution in [0, 0.1) is 0 Å². The summed E-state index contributed by atoms with van der Waals surface area (Å²) in [6.07, 6.45) is 3.43. The van der Waals surface area contributed by atoms with Crippen molar-refractivity contribution >= 4 is 5.96 Å². The highest BCUT2D eigenvalue weighted by atomic mass is 16.5. The number of hydrogen-bond acceptors (Lipinski definition) is 6. The first-order valence-corrected chi connectivity index (χ1v) is 10.3. The van der Waals surface area contributed by atoms with E-state index in [2.05, 4.69) is 39.6 Å². The largest absolute Gasteiger partial charge is 0.497 e. The van der Waals surface area contributed by atoms with E-state index in [0.717, 1.165) is 41.2 Å². The number of aliphatic imine (C=N–C) groups is 1. The van der Waals surface area contributed by atoms with Gasteiger partial charge in [0, 0.05) is 50.5 Å². The minimum absolute atomic E-state index is 0.520. The minimum Gasteiger partial charge on any atom is -0.497 e. The second-order valence-corrected chi connectivity index (χ2v) is 6.80. The van der Waals surface area contributed by atoms with Crippen molar-refractivity contribution in [3.8, 4) is 17.4 Å². The summed E-state index contributed by atoms with van der Waals surface area (Å²) in [7, 11) is 3.37. The third kappa shape index (κ3) is 5.97. The lowest BCUT2D eigenvalue weighted by Gasteiger charge is -2.12. The first-order chi connectivity index (χ1) is 15.2. The topological polar surface area (TPSA) is 93.8 Å². The zero-order valence-corrected chi connectivity index (χ0v) is 18.4. The monoisotopic (exact) mass is 423 g/mol. The quantitative estimate of drug-likeness (QED) is 0.399. The van der Waals surface area contributed by atoms with E-state index in [1.165, 1.54) is 0 Å². The van der Waals surface area contributed by atoms with Crippen LogP contribution in [0.2, 0.25) is 0 Å². The van der Waals surface area contributed by atoms with Gasteiger partial charge < -0.3 is 24.6 Å². The number of nitrogens with zero attached hydrogens (tertiary/aromatic N) is 3. The average molecular weight is 424 g/mol. The van der Waals surface area contributed by atoms with E-state index in [4.69, 9.17) is 14.0 Å². The van der Waals surface area contributed by atoms with Crippen LogP contribution >= 0.6 is 0 Å². The molecule has 8 heteroatoms. The molecule has 0 saturated heterocycles. The summed E-state index contributed by atoms with van der Waals surface area (Å²) in [4.78, 5) is 8.67. The Hall–Kier alpha value is -3.55. The molecule has 0 aliphatic carbocycles. The molecule has 2 N–H and O–H groups in total. The van der Waals surface area contributed by atoms with Gasteiger partial charge in [0.15, 0.2) is 5.96 Å². The fraction of sp³-hybridized carbons (Fsp3) is 0.348. The van der Waals surface area contributed by atoms with Crippen LogP contribution in [0.25, 0.3) is 0 Å². The molecule has 3 rings (SSSR count). The molecular weight excluding hydrogens is 394 g/mol. The molecule has 2 aromatic heterocycles. The van der Waals surface area contributed by atoms with Gasteiger partial charge in [-0.15, -0.1) is 0 Å². The first kappa shape index (κ1) is 22.1. The molecule has 0 saturated carbocycles. The Bertz CT molecular complexity index is 977. The van der Waals surface area contributed by atoms with Gasteiger partial charge in [-0.25, -0.2) is 4.98 Å². The van der Waals surface area contributed by atoms with Crippen LogP contribution < -0.4 is 20.1 Å². The fourth-order valence-electron chi connectivity index (χ4n) is 3.08. The smallest absolute Gasteiger partial charge is 0.219 e. The van der Waals surface area contributed by atoms with Gasteiger partial charge in [-0.1, -0.05) is 31.1 Å². The summed E-state index contributed by atoms with van der Waals surface area (Å²) >= 11 is 0. The van der Waals surface area contributed by atoms with Crippen molar-refractivity contribution in [3.05, 3.63) is 65.2 Å². The second kappa shape index (κ2) is 11.0. The Morgan fingerprint density at radius 3 is 2.55 bits per heavy atom. The molecule has 164 valence electrons. The number of methoxy groups -OCH3 is 1. The van der Waals surface area contributed by atoms with Gasteiger partial charge in [-0.05, 0) is 24.1 Å². The Morgan fingerprint density at radius 2 is 1.87 bits per heavy atom. The summed E-state index contributed by atoms with van der Waals surface area (Å²) in [6.45, 7) is 5.33. The van der Waals surface area contributed by atoms with Gasteiger partial charge >= 0.3 is 0 Å². The molecule has 0 aliphatic rings. The Balaban J connectivity index is 1.53. The number of aromatic nitrogens is 2. The van der Waals surface area contributed by atoms with Gasteiger partial charge in [-0.2, -0.15) is 0 Å². The number of guanidine groups is 1. The molecule has 0 radical (unpaired) electrons. The van der Waals surface area contributed by atoms with Crippen LogP contribution in [0.15, 0.2) is 52.1 Å². The van der Waals surface area contributed by atoms with Gasteiger partial charge in [0.05, 0.1) is 12.8 Å². The SMILES string of the molecule is CCc1noc(CC)c1CNC(=NC)NCc1ccc(Oc2cccc(OC)c2)nc1. The maximum atomic E-state index is 5.78. The summed E-state index contributed by atoms with van der Waals surface area (Å²) < 4.78 is 16.4. The van der Waals surface area contributed by atoms with Crippen molar-refractivity contribution in [3.63, 3.8) is 0 Å². The van der Waals surface area contributed by atoms with E-state index in [1.807, 2.05) is 36.4 Å². The predicted molar refractivity (Wildman–Crippen MR) is 120 cm³/mol. The van der Waals surface area contributed by atoms with Crippen LogP contribution in [0.5, 0.6) is 17.4 Å². The highest BCUT2D eigenvalue weighted by molar-refractivity contribution is 5.79. The number of rotatable bonds is 9. The van der Waals surface area contributed by atoms with Crippen LogP contribution in [-0.4, -0.2) is 30.3 Å². The molecule has 2 heterocycles. The molecule has 3 aromatic rings. The molecule has 0 spiro atoms. The lowest BCUT2D eigenvalue weighted by Crippen LogP contribution is -2.36. The van der Waals surface area contributed by atoms with Gasteiger partial charge in [0.25, 0.3) is 0 Å². The maximum Gasteiger partial charge on any atom is 0.219 e. The molecule has 8 nitrogen and oxygen atoms in total. The van der Waals surface area contributed by atoms with Crippen LogP contribution in [0.3, 0.4) is 0 Å². The Morgan fingerprint density at radius 1 is 1.06 bits per heavy atom. The molecular formula is C23H29N5O3. The van der Waals surface area contributed by atoms with E-state index in [9.17, 15) is 0 Å². The van der Waals surface area contributed by atoms with Crippen molar-refractivity contribution in [2.24, 2.45) is 4.99 Å². The molecule has 0 bridgehead atoms. The van der Waals surface area contributed by atoms with Crippen molar-refractivity contribution in [1.82, 2.24) is 20.8 Å². The predicted octanol–water partition coefficient (Wildman–Crippen LogP) is 3.86. The zero-order valence-electron chi connectivity index (χ0n) is 18.4. The maximum absolute atomic E-state index is 5.78. The van der Waals surface area contributed by atoms with Crippen LogP contribution in [0.4, 0.5) is 0 Å². The molecule has 0 unspecified atom stereocenters. The zero-order chi connectivity index (χ0) is 22.1. The minimum atomic E-state index is 0.520. The molecule has 0 amide bonds. The van der Waals surface area contributed by atoms with E-state index in [-0.39, 0.29) is 0 Å². The number of benzene rings is 1. The highest BCUT2D eigenvalue weighted by Crippen LogP contribution is 2.23. The third-order valence-electron chi connectivity index (χ3n) is 4.78. The molecule has 0 aliphatic heterocycles. The van der Waals surface area contributed by atoms with Crippen molar-refractivity contribution < 1.29 is 14.0 Å². The average Bonchev–Trinajstić information content (AvgIpc) is 3.22. The second-order valence-electron chi connectivity index (χ2n) is 6.80. The fourth-order valence-corrected chi connectivity index (χ4v) is 3.08. The summed E-state index contributed by atoms with van der Waals surface area (Å²) in [5, 5.41) is 10.8. The van der Waals surface area contributed by atoms with Crippen LogP contribution in [0.1, 0.15) is 36.4 Å². The normalized spacial score (nSPS) is 11.3. The van der Waals surface area contributed by atoms with Crippen molar-refractivity contribution in [1.29, 1.82) is 0 Å². The lowest BCUT2D eigenvalue weighted by atomic mass is 10.1. The van der Waals surface area contributed by atoms with E-state index >= 15 is 0 Å². The Labute approximate surface area is 182 Å². The van der Waals surface area contributed by atoms with Gasteiger partial charge in [0.1, 0.15) is 17.3 Å². The standard InChI is InChI=1S/C23H29N5O3/c1-5-20-19(21(6-2)31-28-20)15-27-23(24-3)26-14-16-10-11-22(25-13-16)30-18-9-7-8-17(12-18)29-4/h7-13H,5-6,14-15H2,1-4H3,(H2,24,26,27). The van der Waals surface area contributed by atoms with E-state index < -0.39 is 0 Å². The summed E-state index contributed by atoms with van der Waals surface area (Å²) in [5.41, 5.74) is 3.10. The van der Waals surface area contributed by atoms with Crippen molar-refractivity contribution in [2.45, 2.75) is 39.8 Å². The van der Waals surface area contributed by atoms with Gasteiger partial charge in [-0.3, -0.25) is 4.99 Å². The molecule has 0 atom stereocenters. The number of pyridine rings is 1. The third-order valence-corrected chi connectivity index (χ3v) is 4.78. The first-order valence-electron chi connectivity index (χ1n) is 10.3. The Kier molecular flexibility index (Phi) is 7.86. The molecule has 31 heavy (non-hydrogen) atoms. The lowest BCUT2D eigenvalue weighted by molar-refractivity contribution is 0.380. The van der Waals surface area contributed by atoms with Crippen molar-refractivity contribution in [2.75, 3.05) is 14.2 Å². The van der Waals surface area contributed by atoms with Gasteiger partial charge in [0.2, 0.25) is 5.88 Å².